The van der Waals surface area contributed by atoms with Crippen molar-refractivity contribution < 1.29 is 4.79 Å². The maximum absolute atomic E-state index is 12.5. The van der Waals surface area contributed by atoms with Crippen LogP contribution in [0.1, 0.15) is 67.5 Å². The largest absolute Gasteiger partial charge is 0.357 e. The van der Waals surface area contributed by atoms with Crippen molar-refractivity contribution in [2.24, 2.45) is 12.0 Å². The summed E-state index contributed by atoms with van der Waals surface area (Å²) in [4.78, 5) is 17.2. The van der Waals surface area contributed by atoms with Crippen LogP contribution in [0.5, 0.6) is 0 Å². The van der Waals surface area contributed by atoms with Crippen LogP contribution in [0.2, 0.25) is 0 Å². The molecule has 0 bridgehead atoms. The second kappa shape index (κ2) is 10.5. The molecule has 0 fully saturated rings. The smallest absolute Gasteiger partial charge is 0.251 e. The lowest BCUT2D eigenvalue weighted by molar-refractivity contribution is 0.0919. The molecule has 0 radical (unpaired) electrons. The third kappa shape index (κ3) is 7.42. The molecule has 1 amide bonds. The van der Waals surface area contributed by atoms with Crippen LogP contribution in [0, 0.1) is 13.8 Å². The van der Waals surface area contributed by atoms with Crippen LogP contribution >= 0.6 is 0 Å². The molecule has 1 unspecified atom stereocenters. The van der Waals surface area contributed by atoms with E-state index in [9.17, 15) is 4.79 Å². The summed E-state index contributed by atoms with van der Waals surface area (Å²) < 4.78 is 1.93. The Morgan fingerprint density at radius 2 is 1.97 bits per heavy atom. The monoisotopic (exact) mass is 426 g/mol. The lowest BCUT2D eigenvalue weighted by atomic mass is 10.1. The van der Waals surface area contributed by atoms with E-state index in [-0.39, 0.29) is 17.5 Å². The summed E-state index contributed by atoms with van der Waals surface area (Å²) >= 11 is 0. The van der Waals surface area contributed by atoms with Crippen molar-refractivity contribution in [2.75, 3.05) is 6.54 Å². The molecular formula is C24H38N6O. The van der Waals surface area contributed by atoms with Gasteiger partial charge >= 0.3 is 0 Å². The van der Waals surface area contributed by atoms with Gasteiger partial charge in [0.1, 0.15) is 0 Å². The molecular weight excluding hydrogens is 388 g/mol. The molecule has 3 N–H and O–H groups in total. The minimum atomic E-state index is -0.269. The van der Waals surface area contributed by atoms with Crippen LogP contribution in [0.3, 0.4) is 0 Å². The number of benzene rings is 1. The van der Waals surface area contributed by atoms with Crippen molar-refractivity contribution in [3.8, 4) is 0 Å². The number of guanidine groups is 1. The molecule has 0 aliphatic rings. The fourth-order valence-corrected chi connectivity index (χ4v) is 3.42. The van der Waals surface area contributed by atoms with Crippen LogP contribution in [-0.2, 0) is 20.0 Å². The maximum Gasteiger partial charge on any atom is 0.251 e. The first kappa shape index (κ1) is 24.4. The van der Waals surface area contributed by atoms with Gasteiger partial charge in [0.05, 0.1) is 12.2 Å². The summed E-state index contributed by atoms with van der Waals surface area (Å²) in [6, 6.07) is 7.83. The zero-order valence-corrected chi connectivity index (χ0v) is 20.3. The number of rotatable bonds is 7. The number of amides is 1. The van der Waals surface area contributed by atoms with Crippen molar-refractivity contribution >= 4 is 11.9 Å². The van der Waals surface area contributed by atoms with Crippen molar-refractivity contribution in [3.63, 3.8) is 0 Å². The molecule has 1 atom stereocenters. The van der Waals surface area contributed by atoms with E-state index in [4.69, 9.17) is 4.99 Å². The number of aryl methyl sites for hydroxylation is 2. The van der Waals surface area contributed by atoms with E-state index in [0.29, 0.717) is 12.1 Å². The predicted octanol–water partition coefficient (Wildman–Crippen LogP) is 3.25. The summed E-state index contributed by atoms with van der Waals surface area (Å²) in [6.45, 7) is 15.5. The SMILES string of the molecule is CCNC(=NCc1cccc(C(=O)NC(C)(C)C)c1)NC(C)Cc1c(C)nn(C)c1C. The van der Waals surface area contributed by atoms with Gasteiger partial charge in [-0.25, -0.2) is 4.99 Å². The highest BCUT2D eigenvalue weighted by atomic mass is 16.1. The summed E-state index contributed by atoms with van der Waals surface area (Å²) in [7, 11) is 1.98. The minimum Gasteiger partial charge on any atom is -0.357 e. The predicted molar refractivity (Wildman–Crippen MR) is 127 cm³/mol. The third-order valence-electron chi connectivity index (χ3n) is 4.99. The van der Waals surface area contributed by atoms with Crippen molar-refractivity contribution in [1.29, 1.82) is 0 Å². The fourth-order valence-electron chi connectivity index (χ4n) is 3.42. The van der Waals surface area contributed by atoms with Gasteiger partial charge in [0.15, 0.2) is 5.96 Å². The van der Waals surface area contributed by atoms with E-state index in [0.717, 1.165) is 30.2 Å². The Hall–Kier alpha value is -2.83. The minimum absolute atomic E-state index is 0.0702. The van der Waals surface area contributed by atoms with Gasteiger partial charge in [0.2, 0.25) is 0 Å². The molecule has 7 nitrogen and oxygen atoms in total. The molecule has 0 aliphatic heterocycles. The number of nitrogens with zero attached hydrogens (tertiary/aromatic N) is 3. The van der Waals surface area contributed by atoms with Crippen LogP contribution in [0.25, 0.3) is 0 Å². The quantitative estimate of drug-likeness (QED) is 0.469. The molecule has 0 aliphatic carbocycles. The highest BCUT2D eigenvalue weighted by Gasteiger charge is 2.16. The van der Waals surface area contributed by atoms with Gasteiger partial charge in [-0.1, -0.05) is 12.1 Å². The van der Waals surface area contributed by atoms with Crippen LogP contribution in [0.15, 0.2) is 29.3 Å². The standard InChI is InChI=1S/C24H38N6O/c1-9-25-23(27-16(2)13-21-17(3)29-30(8)18(21)4)26-15-19-11-10-12-20(14-19)22(31)28-24(5,6)7/h10-12,14,16H,9,13,15H2,1-8H3,(H,28,31)(H2,25,26,27). The zero-order chi connectivity index (χ0) is 23.2. The van der Waals surface area contributed by atoms with Crippen LogP contribution in [0.4, 0.5) is 0 Å². The van der Waals surface area contributed by atoms with Gasteiger partial charge in [-0.3, -0.25) is 9.48 Å². The molecule has 170 valence electrons. The molecule has 0 saturated carbocycles. The van der Waals surface area contributed by atoms with E-state index >= 15 is 0 Å². The Bertz CT molecular complexity index is 923. The second-order valence-electron chi connectivity index (χ2n) is 9.12. The number of aromatic nitrogens is 2. The highest BCUT2D eigenvalue weighted by Crippen LogP contribution is 2.14. The Balaban J connectivity index is 2.07. The lowest BCUT2D eigenvalue weighted by Gasteiger charge is -2.20. The molecule has 1 heterocycles. The third-order valence-corrected chi connectivity index (χ3v) is 4.99. The number of nitrogens with one attached hydrogen (secondary N) is 3. The summed E-state index contributed by atoms with van der Waals surface area (Å²) in [5.74, 6) is 0.693. The molecule has 7 heteroatoms. The van der Waals surface area contributed by atoms with E-state index in [1.165, 1.54) is 11.3 Å². The number of hydrogen-bond donors (Lipinski definition) is 3. The highest BCUT2D eigenvalue weighted by molar-refractivity contribution is 5.94. The first-order valence-corrected chi connectivity index (χ1v) is 11.0. The van der Waals surface area contributed by atoms with Gasteiger partial charge in [-0.15, -0.1) is 0 Å². The number of aliphatic imine (C=N–C) groups is 1. The van der Waals surface area contributed by atoms with Gasteiger partial charge in [-0.05, 0) is 78.1 Å². The first-order valence-electron chi connectivity index (χ1n) is 11.0. The van der Waals surface area contributed by atoms with Crippen LogP contribution in [-0.4, -0.2) is 39.8 Å². The topological polar surface area (TPSA) is 83.3 Å². The van der Waals surface area contributed by atoms with Gasteiger partial charge in [-0.2, -0.15) is 5.10 Å². The zero-order valence-electron chi connectivity index (χ0n) is 20.3. The molecule has 2 aromatic rings. The van der Waals surface area contributed by atoms with E-state index < -0.39 is 0 Å². The Morgan fingerprint density at radius 3 is 2.55 bits per heavy atom. The Morgan fingerprint density at radius 1 is 1.26 bits per heavy atom. The molecule has 0 spiro atoms. The normalized spacial score (nSPS) is 13.1. The average molecular weight is 427 g/mol. The summed E-state index contributed by atoms with van der Waals surface area (Å²) in [6.07, 6.45) is 0.873. The Kier molecular flexibility index (Phi) is 8.25. The molecule has 1 aromatic carbocycles. The number of hydrogen-bond acceptors (Lipinski definition) is 3. The number of carbonyl (C=O) groups excluding carboxylic acids is 1. The average Bonchev–Trinajstić information content (AvgIpc) is 2.91. The van der Waals surface area contributed by atoms with Crippen molar-refractivity contribution in [2.45, 2.75) is 73.0 Å². The number of carbonyl (C=O) groups is 1. The molecule has 2 rings (SSSR count). The fraction of sp³-hybridized carbons (Fsp3) is 0.542. The maximum atomic E-state index is 12.5. The van der Waals surface area contributed by atoms with E-state index in [1.54, 1.807) is 0 Å². The summed E-state index contributed by atoms with van der Waals surface area (Å²) in [5, 5.41) is 14.3. The second-order valence-corrected chi connectivity index (χ2v) is 9.12. The molecule has 31 heavy (non-hydrogen) atoms. The van der Waals surface area contributed by atoms with Crippen molar-refractivity contribution in [1.82, 2.24) is 25.7 Å². The molecule has 1 aromatic heterocycles. The van der Waals surface area contributed by atoms with Crippen LogP contribution < -0.4 is 16.0 Å². The van der Waals surface area contributed by atoms with Gasteiger partial charge < -0.3 is 16.0 Å². The van der Waals surface area contributed by atoms with Crippen molar-refractivity contribution in [3.05, 3.63) is 52.3 Å². The Labute approximate surface area is 186 Å². The molecule has 0 saturated heterocycles. The van der Waals surface area contributed by atoms with Gasteiger partial charge in [0, 0.05) is 36.4 Å². The van der Waals surface area contributed by atoms with E-state index in [2.05, 4.69) is 48.7 Å². The summed E-state index contributed by atoms with van der Waals surface area (Å²) in [5.41, 5.74) is 4.91. The first-order chi connectivity index (χ1) is 14.5. The van der Waals surface area contributed by atoms with E-state index in [1.807, 2.05) is 56.8 Å². The van der Waals surface area contributed by atoms with Gasteiger partial charge in [0.25, 0.3) is 5.91 Å². The lowest BCUT2D eigenvalue weighted by Crippen LogP contribution is -2.43.